The molecule has 3 nitrogen and oxygen atoms in total. The number of hydrogen-bond donors (Lipinski definition) is 0. The van der Waals surface area contributed by atoms with E-state index in [0.717, 1.165) is 35.2 Å². The van der Waals surface area contributed by atoms with E-state index < -0.39 is 0 Å². The molecule has 0 aliphatic carbocycles. The molecule has 90 valence electrons. The molecule has 0 saturated carbocycles. The molecule has 1 aromatic rings. The van der Waals surface area contributed by atoms with E-state index in [0.29, 0.717) is 6.04 Å². The summed E-state index contributed by atoms with van der Waals surface area (Å²) in [5.41, 5.74) is 1.80. The van der Waals surface area contributed by atoms with Crippen molar-refractivity contribution in [3.05, 3.63) is 28.2 Å². The lowest BCUT2D eigenvalue weighted by molar-refractivity contribution is 0.315. The summed E-state index contributed by atoms with van der Waals surface area (Å²) in [5.74, 6) is 0. The Kier molecular flexibility index (Phi) is 3.70. The SMILES string of the molecule is CN(C)C1CCN(c2ccc(Br)cc2C#N)C1. The van der Waals surface area contributed by atoms with Crippen molar-refractivity contribution in [2.24, 2.45) is 0 Å². The predicted octanol–water partition coefficient (Wildman–Crippen LogP) is 2.46. The second-order valence-corrected chi connectivity index (χ2v) is 5.54. The zero-order valence-electron chi connectivity index (χ0n) is 10.2. The summed E-state index contributed by atoms with van der Waals surface area (Å²) in [7, 11) is 4.22. The predicted molar refractivity (Wildman–Crippen MR) is 73.2 cm³/mol. The maximum absolute atomic E-state index is 9.17. The number of nitriles is 1. The first-order valence-corrected chi connectivity index (χ1v) is 6.52. The van der Waals surface area contributed by atoms with Gasteiger partial charge >= 0.3 is 0 Å². The molecular formula is C13H16BrN3. The molecule has 4 heteroatoms. The Hall–Kier alpha value is -1.05. The average molecular weight is 294 g/mol. The van der Waals surface area contributed by atoms with Crippen LogP contribution in [-0.2, 0) is 0 Å². The van der Waals surface area contributed by atoms with Crippen LogP contribution in [0.15, 0.2) is 22.7 Å². The van der Waals surface area contributed by atoms with Gasteiger partial charge in [-0.2, -0.15) is 5.26 Å². The van der Waals surface area contributed by atoms with Crippen molar-refractivity contribution in [2.75, 3.05) is 32.1 Å². The molecule has 0 spiro atoms. The summed E-state index contributed by atoms with van der Waals surface area (Å²) in [5, 5.41) is 9.17. The molecule has 1 aromatic carbocycles. The quantitative estimate of drug-likeness (QED) is 0.839. The fraction of sp³-hybridized carbons (Fsp3) is 0.462. The molecule has 1 saturated heterocycles. The summed E-state index contributed by atoms with van der Waals surface area (Å²) in [6.45, 7) is 2.03. The number of benzene rings is 1. The third kappa shape index (κ3) is 2.62. The lowest BCUT2D eigenvalue weighted by Crippen LogP contribution is -2.31. The minimum Gasteiger partial charge on any atom is -0.369 e. The van der Waals surface area contributed by atoms with E-state index in [4.69, 9.17) is 0 Å². The van der Waals surface area contributed by atoms with Crippen molar-refractivity contribution in [3.8, 4) is 6.07 Å². The molecule has 17 heavy (non-hydrogen) atoms. The molecular weight excluding hydrogens is 278 g/mol. The highest BCUT2D eigenvalue weighted by Gasteiger charge is 2.25. The summed E-state index contributed by atoms with van der Waals surface area (Å²) in [6.07, 6.45) is 1.16. The zero-order valence-corrected chi connectivity index (χ0v) is 11.7. The third-order valence-electron chi connectivity index (χ3n) is 3.31. The molecule has 2 rings (SSSR count). The molecule has 1 fully saturated rings. The van der Waals surface area contributed by atoms with E-state index in [-0.39, 0.29) is 0 Å². The summed E-state index contributed by atoms with van der Waals surface area (Å²) in [6, 6.07) is 8.78. The largest absolute Gasteiger partial charge is 0.369 e. The van der Waals surface area contributed by atoms with Gasteiger partial charge in [0.15, 0.2) is 0 Å². The van der Waals surface area contributed by atoms with Crippen LogP contribution in [0.3, 0.4) is 0 Å². The highest BCUT2D eigenvalue weighted by Crippen LogP contribution is 2.27. The van der Waals surface area contributed by atoms with Crippen molar-refractivity contribution >= 4 is 21.6 Å². The van der Waals surface area contributed by atoms with E-state index in [9.17, 15) is 5.26 Å². The highest BCUT2D eigenvalue weighted by atomic mass is 79.9. The van der Waals surface area contributed by atoms with Crippen molar-refractivity contribution in [1.82, 2.24) is 4.90 Å². The van der Waals surface area contributed by atoms with Crippen LogP contribution in [0.4, 0.5) is 5.69 Å². The molecule has 0 N–H and O–H groups in total. The van der Waals surface area contributed by atoms with Crippen LogP contribution in [-0.4, -0.2) is 38.1 Å². The van der Waals surface area contributed by atoms with Gasteiger partial charge in [-0.3, -0.25) is 0 Å². The molecule has 1 heterocycles. The summed E-state index contributed by atoms with van der Waals surface area (Å²) >= 11 is 3.40. The fourth-order valence-electron chi connectivity index (χ4n) is 2.26. The van der Waals surface area contributed by atoms with Crippen LogP contribution in [0, 0.1) is 11.3 Å². The smallest absolute Gasteiger partial charge is 0.101 e. The van der Waals surface area contributed by atoms with Crippen LogP contribution >= 0.6 is 15.9 Å². The lowest BCUT2D eigenvalue weighted by atomic mass is 10.2. The van der Waals surface area contributed by atoms with E-state index in [1.54, 1.807) is 0 Å². The molecule has 1 aliphatic rings. The van der Waals surface area contributed by atoms with Gasteiger partial charge in [0.2, 0.25) is 0 Å². The van der Waals surface area contributed by atoms with Crippen LogP contribution in [0.25, 0.3) is 0 Å². The van der Waals surface area contributed by atoms with Crippen LogP contribution in [0.5, 0.6) is 0 Å². The zero-order chi connectivity index (χ0) is 12.4. The van der Waals surface area contributed by atoms with Gasteiger partial charge in [0.1, 0.15) is 6.07 Å². The van der Waals surface area contributed by atoms with E-state index in [1.165, 1.54) is 0 Å². The Labute approximate surface area is 111 Å². The lowest BCUT2D eigenvalue weighted by Gasteiger charge is -2.22. The number of anilines is 1. The van der Waals surface area contributed by atoms with Gasteiger partial charge in [0, 0.05) is 23.6 Å². The topological polar surface area (TPSA) is 30.3 Å². The van der Waals surface area contributed by atoms with Gasteiger partial charge in [-0.05, 0) is 38.7 Å². The molecule has 1 unspecified atom stereocenters. The Morgan fingerprint density at radius 3 is 2.82 bits per heavy atom. The second kappa shape index (κ2) is 5.07. The van der Waals surface area contributed by atoms with Gasteiger partial charge in [-0.25, -0.2) is 0 Å². The van der Waals surface area contributed by atoms with Gasteiger partial charge in [0.05, 0.1) is 11.3 Å². The van der Waals surface area contributed by atoms with Crippen LogP contribution in [0.1, 0.15) is 12.0 Å². The Balaban J connectivity index is 2.22. The Morgan fingerprint density at radius 1 is 1.47 bits per heavy atom. The van der Waals surface area contributed by atoms with Gasteiger partial charge in [-0.1, -0.05) is 15.9 Å². The first-order valence-electron chi connectivity index (χ1n) is 5.73. The maximum Gasteiger partial charge on any atom is 0.101 e. The number of likely N-dealkylation sites (N-methyl/N-ethyl adjacent to an activating group) is 1. The minimum absolute atomic E-state index is 0.588. The Morgan fingerprint density at radius 2 is 2.24 bits per heavy atom. The first kappa shape index (κ1) is 12.4. The third-order valence-corrected chi connectivity index (χ3v) is 3.81. The molecule has 0 bridgehead atoms. The standard InChI is InChI=1S/C13H16BrN3/c1-16(2)12-5-6-17(9-12)13-4-3-11(14)7-10(13)8-15/h3-4,7,12H,5-6,9H2,1-2H3. The second-order valence-electron chi connectivity index (χ2n) is 4.63. The van der Waals surface area contributed by atoms with Crippen LogP contribution < -0.4 is 4.90 Å². The average Bonchev–Trinajstić information content (AvgIpc) is 2.78. The van der Waals surface area contributed by atoms with Crippen molar-refractivity contribution in [2.45, 2.75) is 12.5 Å². The Bertz CT molecular complexity index is 450. The molecule has 1 aliphatic heterocycles. The molecule has 0 aromatic heterocycles. The molecule has 1 atom stereocenters. The van der Waals surface area contributed by atoms with Crippen molar-refractivity contribution in [1.29, 1.82) is 5.26 Å². The van der Waals surface area contributed by atoms with Gasteiger partial charge < -0.3 is 9.80 Å². The number of nitrogens with zero attached hydrogens (tertiary/aromatic N) is 3. The number of hydrogen-bond acceptors (Lipinski definition) is 3. The van der Waals surface area contributed by atoms with Crippen molar-refractivity contribution in [3.63, 3.8) is 0 Å². The minimum atomic E-state index is 0.588. The number of rotatable bonds is 2. The number of halogens is 1. The van der Waals surface area contributed by atoms with E-state index in [1.807, 2.05) is 18.2 Å². The van der Waals surface area contributed by atoms with E-state index >= 15 is 0 Å². The summed E-state index contributed by atoms with van der Waals surface area (Å²) < 4.78 is 0.959. The van der Waals surface area contributed by atoms with Crippen molar-refractivity contribution < 1.29 is 0 Å². The first-order chi connectivity index (χ1) is 8.11. The van der Waals surface area contributed by atoms with Gasteiger partial charge in [0.25, 0.3) is 0 Å². The molecule has 0 radical (unpaired) electrons. The van der Waals surface area contributed by atoms with Crippen LogP contribution in [0.2, 0.25) is 0 Å². The molecule has 0 amide bonds. The van der Waals surface area contributed by atoms with E-state index in [2.05, 4.69) is 45.9 Å². The maximum atomic E-state index is 9.17. The van der Waals surface area contributed by atoms with Gasteiger partial charge in [-0.15, -0.1) is 0 Å². The summed E-state index contributed by atoms with van der Waals surface area (Å²) in [4.78, 5) is 4.56. The fourth-order valence-corrected chi connectivity index (χ4v) is 2.62. The normalized spacial score (nSPS) is 19.7. The highest BCUT2D eigenvalue weighted by molar-refractivity contribution is 9.10. The monoisotopic (exact) mass is 293 g/mol.